The van der Waals surface area contributed by atoms with Gasteiger partial charge in [0.2, 0.25) is 0 Å². The standard InChI is InChI=1S/C6H12O2.Ru/c1-4(2)5(3)6(7)8;/h4-5H,1-3H3,(H,7,8);. The zero-order valence-corrected chi connectivity index (χ0v) is 7.60. The minimum absolute atomic E-state index is 0. The number of carboxylic acids is 1. The van der Waals surface area contributed by atoms with E-state index < -0.39 is 5.97 Å². The van der Waals surface area contributed by atoms with Crippen LogP contribution in [0.15, 0.2) is 0 Å². The Morgan fingerprint density at radius 1 is 1.33 bits per heavy atom. The van der Waals surface area contributed by atoms with Crippen LogP contribution in [0.1, 0.15) is 20.8 Å². The molecule has 9 heavy (non-hydrogen) atoms. The number of carboxylic acid groups (broad SMARTS) is 1. The number of hydrogen-bond acceptors (Lipinski definition) is 1. The van der Waals surface area contributed by atoms with Crippen LogP contribution in [-0.4, -0.2) is 11.1 Å². The summed E-state index contributed by atoms with van der Waals surface area (Å²) in [5, 5.41) is 8.35. The molecule has 0 radical (unpaired) electrons. The van der Waals surface area contributed by atoms with Crippen LogP contribution in [0.25, 0.3) is 0 Å². The first-order valence-corrected chi connectivity index (χ1v) is 2.78. The van der Waals surface area contributed by atoms with Crippen molar-refractivity contribution in [2.45, 2.75) is 20.8 Å². The van der Waals surface area contributed by atoms with Crippen LogP contribution < -0.4 is 0 Å². The molecular formula is C6H12O2Ru. The van der Waals surface area contributed by atoms with Crippen molar-refractivity contribution in [2.24, 2.45) is 11.8 Å². The fourth-order valence-electron chi connectivity index (χ4n) is 0.285. The summed E-state index contributed by atoms with van der Waals surface area (Å²) in [4.78, 5) is 10.1. The van der Waals surface area contributed by atoms with Gasteiger partial charge < -0.3 is 5.11 Å². The van der Waals surface area contributed by atoms with E-state index >= 15 is 0 Å². The number of hydrogen-bond donors (Lipinski definition) is 1. The minimum Gasteiger partial charge on any atom is -0.481 e. The minimum atomic E-state index is -0.708. The molecule has 0 aromatic rings. The largest absolute Gasteiger partial charge is 0.481 e. The first-order valence-electron chi connectivity index (χ1n) is 2.78. The maximum atomic E-state index is 10.1. The van der Waals surface area contributed by atoms with Crippen LogP contribution >= 0.6 is 0 Å². The van der Waals surface area contributed by atoms with Crippen LogP contribution in [0.3, 0.4) is 0 Å². The fraction of sp³-hybridized carbons (Fsp3) is 0.833. The Labute approximate surface area is 68.4 Å². The Morgan fingerprint density at radius 3 is 1.67 bits per heavy atom. The van der Waals surface area contributed by atoms with Gasteiger partial charge in [-0.05, 0) is 5.92 Å². The molecule has 0 fully saturated rings. The molecule has 1 atom stereocenters. The van der Waals surface area contributed by atoms with Gasteiger partial charge in [-0.3, -0.25) is 4.79 Å². The Morgan fingerprint density at radius 2 is 1.67 bits per heavy atom. The summed E-state index contributed by atoms with van der Waals surface area (Å²) in [6.45, 7) is 5.52. The van der Waals surface area contributed by atoms with E-state index in [-0.39, 0.29) is 31.3 Å². The van der Waals surface area contributed by atoms with Crippen molar-refractivity contribution in [2.75, 3.05) is 0 Å². The molecule has 0 heterocycles. The maximum absolute atomic E-state index is 10.1. The zero-order chi connectivity index (χ0) is 6.73. The summed E-state index contributed by atoms with van der Waals surface area (Å²) in [6, 6.07) is 0. The van der Waals surface area contributed by atoms with E-state index in [1.807, 2.05) is 13.8 Å². The smallest absolute Gasteiger partial charge is 0.306 e. The fourth-order valence-corrected chi connectivity index (χ4v) is 0.285. The second-order valence-corrected chi connectivity index (χ2v) is 2.37. The summed E-state index contributed by atoms with van der Waals surface area (Å²) < 4.78 is 0. The molecule has 0 amide bonds. The molecule has 0 bridgehead atoms. The summed E-state index contributed by atoms with van der Waals surface area (Å²) >= 11 is 0. The van der Waals surface area contributed by atoms with Gasteiger partial charge in [0.05, 0.1) is 5.92 Å². The van der Waals surface area contributed by atoms with E-state index in [2.05, 4.69) is 0 Å². The molecular weight excluding hydrogens is 205 g/mol. The Bertz CT molecular complexity index is 91.1. The molecule has 0 aromatic heterocycles. The normalized spacial score (nSPS) is 12.4. The van der Waals surface area contributed by atoms with E-state index in [9.17, 15) is 4.79 Å². The average Bonchev–Trinajstić information content (AvgIpc) is 1.64. The van der Waals surface area contributed by atoms with Gasteiger partial charge in [-0.15, -0.1) is 0 Å². The van der Waals surface area contributed by atoms with Crippen molar-refractivity contribution in [3.63, 3.8) is 0 Å². The molecule has 0 aliphatic rings. The summed E-state index contributed by atoms with van der Waals surface area (Å²) in [6.07, 6.45) is 0. The third-order valence-electron chi connectivity index (χ3n) is 1.39. The van der Waals surface area contributed by atoms with Gasteiger partial charge in [-0.1, -0.05) is 20.8 Å². The van der Waals surface area contributed by atoms with E-state index in [1.54, 1.807) is 6.92 Å². The molecule has 0 spiro atoms. The first-order chi connectivity index (χ1) is 3.55. The number of aliphatic carboxylic acids is 1. The van der Waals surface area contributed by atoms with Crippen molar-refractivity contribution >= 4 is 5.97 Å². The molecule has 2 nitrogen and oxygen atoms in total. The summed E-state index contributed by atoms with van der Waals surface area (Å²) in [5.74, 6) is -0.678. The van der Waals surface area contributed by atoms with Crippen LogP contribution in [0.2, 0.25) is 0 Å². The van der Waals surface area contributed by atoms with Gasteiger partial charge in [0.15, 0.2) is 0 Å². The van der Waals surface area contributed by atoms with Gasteiger partial charge in [-0.2, -0.15) is 0 Å². The SMILES string of the molecule is CC(C)C(C)C(=O)O.[Ru]. The van der Waals surface area contributed by atoms with Gasteiger partial charge >= 0.3 is 5.97 Å². The quantitative estimate of drug-likeness (QED) is 0.709. The van der Waals surface area contributed by atoms with Crippen LogP contribution in [-0.2, 0) is 24.3 Å². The van der Waals surface area contributed by atoms with Gasteiger partial charge in [-0.25, -0.2) is 0 Å². The van der Waals surface area contributed by atoms with Crippen molar-refractivity contribution in [1.82, 2.24) is 0 Å². The average molecular weight is 217 g/mol. The topological polar surface area (TPSA) is 37.3 Å². The van der Waals surface area contributed by atoms with Gasteiger partial charge in [0, 0.05) is 19.5 Å². The Kier molecular flexibility index (Phi) is 6.48. The molecule has 56 valence electrons. The monoisotopic (exact) mass is 218 g/mol. The van der Waals surface area contributed by atoms with Crippen LogP contribution in [0, 0.1) is 11.8 Å². The zero-order valence-electron chi connectivity index (χ0n) is 5.86. The molecule has 1 N–H and O–H groups in total. The van der Waals surface area contributed by atoms with E-state index in [4.69, 9.17) is 5.11 Å². The molecule has 0 aromatic carbocycles. The summed E-state index contributed by atoms with van der Waals surface area (Å²) in [7, 11) is 0. The molecule has 1 unspecified atom stereocenters. The third-order valence-corrected chi connectivity index (χ3v) is 1.39. The van der Waals surface area contributed by atoms with Crippen LogP contribution in [0.5, 0.6) is 0 Å². The van der Waals surface area contributed by atoms with E-state index in [0.717, 1.165) is 0 Å². The third kappa shape index (κ3) is 4.59. The second-order valence-electron chi connectivity index (χ2n) is 2.37. The summed E-state index contributed by atoms with van der Waals surface area (Å²) in [5.41, 5.74) is 0. The number of carbonyl (C=O) groups is 1. The molecule has 0 rings (SSSR count). The van der Waals surface area contributed by atoms with Crippen LogP contribution in [0.4, 0.5) is 0 Å². The second kappa shape index (κ2) is 4.92. The maximum Gasteiger partial charge on any atom is 0.306 e. The number of rotatable bonds is 2. The predicted octanol–water partition coefficient (Wildman–Crippen LogP) is 1.36. The van der Waals surface area contributed by atoms with Crippen molar-refractivity contribution in [3.05, 3.63) is 0 Å². The molecule has 0 saturated heterocycles. The van der Waals surface area contributed by atoms with E-state index in [1.165, 1.54) is 0 Å². The molecule has 3 heteroatoms. The predicted molar refractivity (Wildman–Crippen MR) is 31.6 cm³/mol. The Hall–Kier alpha value is 0.0934. The van der Waals surface area contributed by atoms with Gasteiger partial charge in [0.1, 0.15) is 0 Å². The van der Waals surface area contributed by atoms with Gasteiger partial charge in [0.25, 0.3) is 0 Å². The van der Waals surface area contributed by atoms with Crippen molar-refractivity contribution in [1.29, 1.82) is 0 Å². The van der Waals surface area contributed by atoms with Crippen molar-refractivity contribution in [3.8, 4) is 0 Å². The Balaban J connectivity index is 0. The molecule has 0 aliphatic carbocycles. The molecule has 0 aliphatic heterocycles. The van der Waals surface area contributed by atoms with E-state index in [0.29, 0.717) is 0 Å². The molecule has 0 saturated carbocycles. The van der Waals surface area contributed by atoms with Crippen molar-refractivity contribution < 1.29 is 29.4 Å². The first kappa shape index (κ1) is 11.8.